The van der Waals surface area contributed by atoms with Gasteiger partial charge in [-0.05, 0) is 26.0 Å². The van der Waals surface area contributed by atoms with E-state index in [0.717, 1.165) is 5.56 Å². The molecule has 0 aliphatic carbocycles. The highest BCUT2D eigenvalue weighted by Gasteiger charge is 2.71. The van der Waals surface area contributed by atoms with Gasteiger partial charge in [0, 0.05) is 10.0 Å². The molecule has 92 valence electrons. The first kappa shape index (κ1) is 12.5. The molecule has 1 aromatic carbocycles. The Hall–Kier alpha value is -0.940. The summed E-state index contributed by atoms with van der Waals surface area (Å²) in [5.74, 6) is -0.777. The summed E-state index contributed by atoms with van der Waals surface area (Å²) in [6.45, 7) is 3.44. The Balaban J connectivity index is 2.40. The number of esters is 1. The maximum atomic E-state index is 13.0. The van der Waals surface area contributed by atoms with E-state index >= 15 is 0 Å². The van der Waals surface area contributed by atoms with Crippen LogP contribution in [0.5, 0.6) is 0 Å². The smallest absolute Gasteiger partial charge is 0.341 e. The van der Waals surface area contributed by atoms with E-state index in [1.807, 2.05) is 0 Å². The van der Waals surface area contributed by atoms with Gasteiger partial charge in [-0.15, -0.1) is 0 Å². The van der Waals surface area contributed by atoms with Gasteiger partial charge in [0.05, 0.1) is 7.11 Å². The first-order valence-electron chi connectivity index (χ1n) is 5.09. The van der Waals surface area contributed by atoms with E-state index < -0.39 is 17.2 Å². The van der Waals surface area contributed by atoms with Crippen LogP contribution in [0.2, 0.25) is 0 Å². The molecule has 17 heavy (non-hydrogen) atoms. The average molecular weight is 303 g/mol. The van der Waals surface area contributed by atoms with Crippen LogP contribution >= 0.6 is 15.9 Å². The molecule has 0 bridgehead atoms. The van der Waals surface area contributed by atoms with Crippen molar-refractivity contribution in [3.8, 4) is 0 Å². The molecule has 1 saturated heterocycles. The van der Waals surface area contributed by atoms with E-state index in [1.165, 1.54) is 19.2 Å². The molecule has 1 fully saturated rings. The summed E-state index contributed by atoms with van der Waals surface area (Å²) in [7, 11) is 1.31. The lowest BCUT2D eigenvalue weighted by Crippen LogP contribution is -2.29. The zero-order valence-electron chi connectivity index (χ0n) is 9.71. The zero-order valence-corrected chi connectivity index (χ0v) is 11.3. The second-order valence-electron chi connectivity index (χ2n) is 4.28. The van der Waals surface area contributed by atoms with Crippen molar-refractivity contribution in [1.82, 2.24) is 0 Å². The van der Waals surface area contributed by atoms with E-state index in [2.05, 4.69) is 15.9 Å². The standard InChI is InChI=1S/C12H12BrFO3/c1-11(12(2,17-11)10(15)16-3)8-5-4-7(14)6-9(8)13/h4-6H,1-3H3. The minimum atomic E-state index is -1.01. The van der Waals surface area contributed by atoms with Crippen LogP contribution in [0, 0.1) is 5.82 Å². The van der Waals surface area contributed by atoms with E-state index in [1.54, 1.807) is 19.9 Å². The molecular weight excluding hydrogens is 291 g/mol. The number of epoxide rings is 1. The first-order chi connectivity index (χ1) is 7.85. The highest BCUT2D eigenvalue weighted by molar-refractivity contribution is 9.10. The normalized spacial score (nSPS) is 31.1. The number of rotatable bonds is 2. The fraction of sp³-hybridized carbons (Fsp3) is 0.417. The van der Waals surface area contributed by atoms with Gasteiger partial charge in [0.25, 0.3) is 0 Å². The molecule has 1 aromatic rings. The summed E-state index contributed by atoms with van der Waals surface area (Å²) in [6, 6.07) is 4.29. The topological polar surface area (TPSA) is 38.8 Å². The number of hydrogen-bond donors (Lipinski definition) is 0. The molecule has 0 N–H and O–H groups in total. The van der Waals surface area contributed by atoms with E-state index in [9.17, 15) is 9.18 Å². The minimum absolute atomic E-state index is 0.343. The van der Waals surface area contributed by atoms with Crippen molar-refractivity contribution < 1.29 is 18.7 Å². The van der Waals surface area contributed by atoms with Gasteiger partial charge in [-0.3, -0.25) is 0 Å². The molecule has 0 radical (unpaired) electrons. The highest BCUT2D eigenvalue weighted by atomic mass is 79.9. The Labute approximate surface area is 107 Å². The number of carbonyl (C=O) groups excluding carboxylic acids is 1. The number of ether oxygens (including phenoxy) is 2. The van der Waals surface area contributed by atoms with Gasteiger partial charge in [-0.2, -0.15) is 0 Å². The molecule has 2 atom stereocenters. The van der Waals surface area contributed by atoms with Crippen molar-refractivity contribution in [2.75, 3.05) is 7.11 Å². The number of carbonyl (C=O) groups is 1. The molecule has 0 saturated carbocycles. The average Bonchev–Trinajstić information content (AvgIpc) is 2.82. The molecule has 0 amide bonds. The number of benzene rings is 1. The maximum Gasteiger partial charge on any atom is 0.341 e. The van der Waals surface area contributed by atoms with Gasteiger partial charge in [0.1, 0.15) is 11.4 Å². The molecule has 2 unspecified atom stereocenters. The lowest BCUT2D eigenvalue weighted by atomic mass is 9.89. The van der Waals surface area contributed by atoms with Gasteiger partial charge >= 0.3 is 5.97 Å². The fourth-order valence-electron chi connectivity index (χ4n) is 2.00. The van der Waals surface area contributed by atoms with Crippen molar-refractivity contribution >= 4 is 21.9 Å². The lowest BCUT2D eigenvalue weighted by Gasteiger charge is -2.13. The molecule has 0 spiro atoms. The molecule has 1 heterocycles. The molecule has 3 nitrogen and oxygen atoms in total. The van der Waals surface area contributed by atoms with Crippen molar-refractivity contribution in [1.29, 1.82) is 0 Å². The summed E-state index contributed by atoms with van der Waals surface area (Å²) in [5, 5.41) is 0. The maximum absolute atomic E-state index is 13.0. The Morgan fingerprint density at radius 2 is 2.12 bits per heavy atom. The van der Waals surface area contributed by atoms with Crippen molar-refractivity contribution in [2.45, 2.75) is 25.0 Å². The van der Waals surface area contributed by atoms with Gasteiger partial charge in [-0.25, -0.2) is 9.18 Å². The van der Waals surface area contributed by atoms with Crippen LogP contribution in [0.4, 0.5) is 4.39 Å². The Morgan fingerprint density at radius 3 is 2.65 bits per heavy atom. The second kappa shape index (κ2) is 3.78. The van der Waals surface area contributed by atoms with Crippen LogP contribution < -0.4 is 0 Å². The van der Waals surface area contributed by atoms with Crippen LogP contribution in [0.15, 0.2) is 22.7 Å². The molecular formula is C12H12BrFO3. The lowest BCUT2D eigenvalue weighted by molar-refractivity contribution is -0.146. The van der Waals surface area contributed by atoms with E-state index in [0.29, 0.717) is 4.47 Å². The number of methoxy groups -OCH3 is 1. The summed E-state index contributed by atoms with van der Waals surface area (Å²) < 4.78 is 23.8. The minimum Gasteiger partial charge on any atom is -0.467 e. The van der Waals surface area contributed by atoms with Crippen LogP contribution in [0.25, 0.3) is 0 Å². The quantitative estimate of drug-likeness (QED) is 0.623. The van der Waals surface area contributed by atoms with Crippen LogP contribution in [-0.2, 0) is 19.9 Å². The molecule has 0 aromatic heterocycles. The predicted molar refractivity (Wildman–Crippen MR) is 63.0 cm³/mol. The van der Waals surface area contributed by atoms with Crippen molar-refractivity contribution in [3.05, 3.63) is 34.1 Å². The van der Waals surface area contributed by atoms with Crippen LogP contribution in [0.1, 0.15) is 19.4 Å². The summed E-state index contributed by atoms with van der Waals surface area (Å²) >= 11 is 3.27. The molecule has 5 heteroatoms. The van der Waals surface area contributed by atoms with Gasteiger partial charge < -0.3 is 9.47 Å². The van der Waals surface area contributed by atoms with Crippen molar-refractivity contribution in [2.24, 2.45) is 0 Å². The third-order valence-corrected chi connectivity index (χ3v) is 3.95. The van der Waals surface area contributed by atoms with E-state index in [4.69, 9.17) is 9.47 Å². The predicted octanol–water partition coefficient (Wildman–Crippen LogP) is 2.77. The molecule has 2 rings (SSSR count). The van der Waals surface area contributed by atoms with E-state index in [-0.39, 0.29) is 5.82 Å². The summed E-state index contributed by atoms with van der Waals surface area (Å²) in [6.07, 6.45) is 0. The Morgan fingerprint density at radius 1 is 1.47 bits per heavy atom. The van der Waals surface area contributed by atoms with Crippen LogP contribution in [-0.4, -0.2) is 18.7 Å². The zero-order chi connectivity index (χ0) is 12.8. The first-order valence-corrected chi connectivity index (χ1v) is 5.88. The molecule has 1 aliphatic rings. The second-order valence-corrected chi connectivity index (χ2v) is 5.14. The number of halogens is 2. The van der Waals surface area contributed by atoms with Gasteiger partial charge in [0.2, 0.25) is 0 Å². The van der Waals surface area contributed by atoms with Crippen LogP contribution in [0.3, 0.4) is 0 Å². The third kappa shape index (κ3) is 1.68. The fourth-order valence-corrected chi connectivity index (χ4v) is 2.73. The Bertz CT molecular complexity index is 491. The Kier molecular flexibility index (Phi) is 2.78. The largest absolute Gasteiger partial charge is 0.467 e. The third-order valence-electron chi connectivity index (χ3n) is 3.30. The highest BCUT2D eigenvalue weighted by Crippen LogP contribution is 2.57. The van der Waals surface area contributed by atoms with Crippen molar-refractivity contribution in [3.63, 3.8) is 0 Å². The monoisotopic (exact) mass is 302 g/mol. The number of hydrogen-bond acceptors (Lipinski definition) is 3. The SMILES string of the molecule is COC(=O)C1(C)OC1(C)c1ccc(F)cc1Br. The van der Waals surface area contributed by atoms with Gasteiger partial charge in [0.15, 0.2) is 5.60 Å². The molecule has 1 aliphatic heterocycles. The van der Waals surface area contributed by atoms with Gasteiger partial charge in [-0.1, -0.05) is 22.0 Å². The summed E-state index contributed by atoms with van der Waals surface area (Å²) in [5.41, 5.74) is -1.07. The summed E-state index contributed by atoms with van der Waals surface area (Å²) in [4.78, 5) is 11.6.